The monoisotopic (exact) mass is 308 g/mol. The highest BCUT2D eigenvalue weighted by molar-refractivity contribution is 9.10. The normalized spacial score (nSPS) is 31.9. The van der Waals surface area contributed by atoms with Crippen molar-refractivity contribution < 1.29 is 28.6 Å². The van der Waals surface area contributed by atoms with Crippen LogP contribution in [0.2, 0.25) is 0 Å². The standard InChI is InChI=1S/C10H13BrO6/c1-4-16-7(13)10(11)5-9(2,6(12)15-3)17-8(10)14/h4-5H2,1-3H3. The molecule has 0 spiro atoms. The number of cyclic esters (lactones) is 1. The number of carbonyl (C=O) groups is 3. The summed E-state index contributed by atoms with van der Waals surface area (Å²) in [6.07, 6.45) is -0.162. The molecule has 0 bridgehead atoms. The van der Waals surface area contributed by atoms with Crippen molar-refractivity contribution >= 4 is 33.8 Å². The van der Waals surface area contributed by atoms with Gasteiger partial charge in [-0.25, -0.2) is 14.4 Å². The highest BCUT2D eigenvalue weighted by atomic mass is 79.9. The molecular formula is C10H13BrO6. The SMILES string of the molecule is CCOC(=O)C1(Br)CC(C)(C(=O)OC)OC1=O. The van der Waals surface area contributed by atoms with Crippen LogP contribution in [0, 0.1) is 0 Å². The molecule has 1 rings (SSSR count). The first kappa shape index (κ1) is 14.0. The van der Waals surface area contributed by atoms with E-state index in [9.17, 15) is 14.4 Å². The first-order valence-electron chi connectivity index (χ1n) is 4.98. The summed E-state index contributed by atoms with van der Waals surface area (Å²) < 4.78 is 12.6. The number of carbonyl (C=O) groups excluding carboxylic acids is 3. The number of ether oxygens (including phenoxy) is 3. The van der Waals surface area contributed by atoms with Gasteiger partial charge in [0, 0.05) is 6.42 Å². The number of alkyl halides is 1. The summed E-state index contributed by atoms with van der Waals surface area (Å²) in [5.74, 6) is -2.32. The predicted octanol–water partition coefficient (Wildman–Crippen LogP) is 0.562. The smallest absolute Gasteiger partial charge is 0.350 e. The lowest BCUT2D eigenvalue weighted by molar-refractivity contribution is -0.170. The molecule has 2 unspecified atom stereocenters. The molecule has 0 aromatic heterocycles. The number of esters is 3. The zero-order valence-electron chi connectivity index (χ0n) is 9.74. The van der Waals surface area contributed by atoms with E-state index in [1.54, 1.807) is 6.92 Å². The molecule has 96 valence electrons. The van der Waals surface area contributed by atoms with Gasteiger partial charge in [-0.05, 0) is 13.8 Å². The van der Waals surface area contributed by atoms with Gasteiger partial charge in [-0.15, -0.1) is 0 Å². The van der Waals surface area contributed by atoms with Crippen LogP contribution in [-0.4, -0.2) is 41.5 Å². The van der Waals surface area contributed by atoms with Crippen molar-refractivity contribution in [3.8, 4) is 0 Å². The highest BCUT2D eigenvalue weighted by Crippen LogP contribution is 2.41. The van der Waals surface area contributed by atoms with Gasteiger partial charge in [-0.1, -0.05) is 15.9 Å². The van der Waals surface area contributed by atoms with Gasteiger partial charge < -0.3 is 14.2 Å². The summed E-state index contributed by atoms with van der Waals surface area (Å²) in [6.45, 7) is 3.14. The van der Waals surface area contributed by atoms with Gasteiger partial charge >= 0.3 is 17.9 Å². The molecule has 1 heterocycles. The number of rotatable bonds is 3. The molecule has 0 aliphatic carbocycles. The summed E-state index contributed by atoms with van der Waals surface area (Å²) in [5, 5.41) is 0. The first-order valence-corrected chi connectivity index (χ1v) is 5.77. The molecule has 1 fully saturated rings. The van der Waals surface area contributed by atoms with Crippen LogP contribution in [0.1, 0.15) is 20.3 Å². The van der Waals surface area contributed by atoms with Crippen LogP contribution in [0.5, 0.6) is 0 Å². The molecule has 1 aliphatic heterocycles. The number of halogens is 1. The lowest BCUT2D eigenvalue weighted by Crippen LogP contribution is -2.40. The van der Waals surface area contributed by atoms with Crippen LogP contribution in [0.3, 0.4) is 0 Å². The van der Waals surface area contributed by atoms with Crippen LogP contribution in [0.15, 0.2) is 0 Å². The summed E-state index contributed by atoms with van der Waals surface area (Å²) >= 11 is 2.99. The predicted molar refractivity (Wildman–Crippen MR) is 59.4 cm³/mol. The van der Waals surface area contributed by atoms with Gasteiger partial charge in [-0.3, -0.25) is 0 Å². The van der Waals surface area contributed by atoms with Gasteiger partial charge in [0.05, 0.1) is 13.7 Å². The number of hydrogen-bond donors (Lipinski definition) is 0. The molecule has 0 aromatic rings. The Labute approximate surface area is 107 Å². The van der Waals surface area contributed by atoms with Gasteiger partial charge in [0.2, 0.25) is 9.93 Å². The average molecular weight is 309 g/mol. The molecule has 1 saturated heterocycles. The van der Waals surface area contributed by atoms with E-state index in [1.165, 1.54) is 14.0 Å². The molecule has 6 nitrogen and oxygen atoms in total. The maximum Gasteiger partial charge on any atom is 0.350 e. The largest absolute Gasteiger partial charge is 0.466 e. The number of methoxy groups -OCH3 is 1. The average Bonchev–Trinajstić information content (AvgIpc) is 2.51. The van der Waals surface area contributed by atoms with Crippen molar-refractivity contribution in [2.24, 2.45) is 0 Å². The van der Waals surface area contributed by atoms with Crippen molar-refractivity contribution in [3.05, 3.63) is 0 Å². The topological polar surface area (TPSA) is 78.9 Å². The summed E-state index contributed by atoms with van der Waals surface area (Å²) in [6, 6.07) is 0. The maximum atomic E-state index is 11.7. The molecule has 0 aromatic carbocycles. The van der Waals surface area contributed by atoms with E-state index in [-0.39, 0.29) is 13.0 Å². The minimum atomic E-state index is -1.63. The molecule has 0 radical (unpaired) electrons. The second kappa shape index (κ2) is 4.64. The van der Waals surface area contributed by atoms with Crippen molar-refractivity contribution in [2.75, 3.05) is 13.7 Å². The van der Waals surface area contributed by atoms with E-state index < -0.39 is 27.8 Å². The fourth-order valence-electron chi connectivity index (χ4n) is 1.59. The van der Waals surface area contributed by atoms with Gasteiger partial charge in [-0.2, -0.15) is 0 Å². The van der Waals surface area contributed by atoms with Gasteiger partial charge in [0.1, 0.15) is 0 Å². The van der Waals surface area contributed by atoms with E-state index in [0.29, 0.717) is 0 Å². The van der Waals surface area contributed by atoms with Crippen LogP contribution >= 0.6 is 15.9 Å². The lowest BCUT2D eigenvalue weighted by atomic mass is 9.95. The quantitative estimate of drug-likeness (QED) is 0.328. The first-order chi connectivity index (χ1) is 7.80. The molecule has 0 amide bonds. The Kier molecular flexibility index (Phi) is 3.81. The summed E-state index contributed by atoms with van der Waals surface area (Å²) in [7, 11) is 1.18. The lowest BCUT2D eigenvalue weighted by Gasteiger charge is -2.19. The minimum absolute atomic E-state index is 0.133. The second-order valence-corrected chi connectivity index (χ2v) is 5.16. The molecule has 2 atom stereocenters. The molecule has 0 saturated carbocycles. The van der Waals surface area contributed by atoms with Crippen LogP contribution in [0.25, 0.3) is 0 Å². The van der Waals surface area contributed by atoms with Gasteiger partial charge in [0.25, 0.3) is 0 Å². The highest BCUT2D eigenvalue weighted by Gasteiger charge is 2.62. The third-order valence-corrected chi connectivity index (χ3v) is 3.37. The van der Waals surface area contributed by atoms with Crippen LogP contribution in [0.4, 0.5) is 0 Å². The zero-order chi connectivity index (χ0) is 13.3. The van der Waals surface area contributed by atoms with Gasteiger partial charge in [0.15, 0.2) is 0 Å². The van der Waals surface area contributed by atoms with E-state index in [1.807, 2.05) is 0 Å². The Morgan fingerprint density at radius 1 is 1.47 bits per heavy atom. The molecule has 7 heteroatoms. The Balaban J connectivity index is 2.96. The summed E-state index contributed by atoms with van der Waals surface area (Å²) in [4.78, 5) is 34.8. The third kappa shape index (κ3) is 2.29. The third-order valence-electron chi connectivity index (χ3n) is 2.44. The molecular weight excluding hydrogens is 296 g/mol. The second-order valence-electron chi connectivity index (χ2n) is 3.81. The van der Waals surface area contributed by atoms with E-state index >= 15 is 0 Å². The van der Waals surface area contributed by atoms with Crippen LogP contribution in [-0.2, 0) is 28.6 Å². The van der Waals surface area contributed by atoms with E-state index in [0.717, 1.165) is 0 Å². The van der Waals surface area contributed by atoms with Crippen LogP contribution < -0.4 is 0 Å². The fourth-order valence-corrected chi connectivity index (χ4v) is 2.32. The Bertz CT molecular complexity index is 368. The maximum absolute atomic E-state index is 11.7. The number of hydrogen-bond acceptors (Lipinski definition) is 6. The Hall–Kier alpha value is -1.11. The fraction of sp³-hybridized carbons (Fsp3) is 0.700. The zero-order valence-corrected chi connectivity index (χ0v) is 11.3. The van der Waals surface area contributed by atoms with Crippen molar-refractivity contribution in [3.63, 3.8) is 0 Å². The van der Waals surface area contributed by atoms with E-state index in [2.05, 4.69) is 20.7 Å². The molecule has 1 aliphatic rings. The molecule has 17 heavy (non-hydrogen) atoms. The van der Waals surface area contributed by atoms with Crippen molar-refractivity contribution in [1.29, 1.82) is 0 Å². The molecule has 0 N–H and O–H groups in total. The van der Waals surface area contributed by atoms with E-state index in [4.69, 9.17) is 9.47 Å². The van der Waals surface area contributed by atoms with Crippen molar-refractivity contribution in [1.82, 2.24) is 0 Å². The van der Waals surface area contributed by atoms with Crippen molar-refractivity contribution in [2.45, 2.75) is 30.2 Å². The summed E-state index contributed by atoms with van der Waals surface area (Å²) in [5.41, 5.74) is -1.47. The minimum Gasteiger partial charge on any atom is -0.466 e. The Morgan fingerprint density at radius 2 is 2.06 bits per heavy atom. The Morgan fingerprint density at radius 3 is 2.53 bits per heavy atom.